The van der Waals surface area contributed by atoms with E-state index in [4.69, 9.17) is 14.2 Å². The van der Waals surface area contributed by atoms with Gasteiger partial charge in [0.25, 0.3) is 0 Å². The van der Waals surface area contributed by atoms with Crippen LogP contribution in [0.3, 0.4) is 0 Å². The molecule has 0 saturated carbocycles. The highest BCUT2D eigenvalue weighted by Crippen LogP contribution is 2.52. The molecule has 0 aliphatic carbocycles. The standard InChI is InChI=1S/C40H36NO2P/c1-30-14-13-21-38(39(31-22-26-33(42-2)27-23-31)32-24-28-34(43-3)29-25-32)40(30)41-44(35-15-7-4-8-16-35,36-17-9-5-10-18-36)37-19-11-6-12-20-37/h4-29,39H,1-3H3. The lowest BCUT2D eigenvalue weighted by Gasteiger charge is -2.29. The minimum atomic E-state index is -2.49. The first-order valence-corrected chi connectivity index (χ1v) is 16.5. The Balaban J connectivity index is 1.70. The van der Waals surface area contributed by atoms with Crippen LogP contribution in [0.1, 0.15) is 28.2 Å². The summed E-state index contributed by atoms with van der Waals surface area (Å²) in [4.78, 5) is 0. The first-order valence-electron chi connectivity index (χ1n) is 14.8. The smallest absolute Gasteiger partial charge is 0.118 e. The number of rotatable bonds is 9. The quantitative estimate of drug-likeness (QED) is 0.124. The van der Waals surface area contributed by atoms with Crippen LogP contribution in [0.4, 0.5) is 5.69 Å². The highest BCUT2D eigenvalue weighted by atomic mass is 31.2. The summed E-state index contributed by atoms with van der Waals surface area (Å²) in [6.45, 7) is 2.18. The van der Waals surface area contributed by atoms with Gasteiger partial charge in [-0.05, 0) is 53.4 Å². The van der Waals surface area contributed by atoms with Crippen molar-refractivity contribution in [3.63, 3.8) is 0 Å². The van der Waals surface area contributed by atoms with Crippen molar-refractivity contribution >= 4 is 28.7 Å². The maximum Gasteiger partial charge on any atom is 0.118 e. The van der Waals surface area contributed by atoms with Crippen LogP contribution in [0.25, 0.3) is 0 Å². The summed E-state index contributed by atoms with van der Waals surface area (Å²) in [5, 5.41) is 3.66. The second-order valence-corrected chi connectivity index (χ2v) is 13.8. The highest BCUT2D eigenvalue weighted by molar-refractivity contribution is 7.87. The third kappa shape index (κ3) is 5.72. The summed E-state index contributed by atoms with van der Waals surface area (Å²) in [6.07, 6.45) is 0. The van der Waals surface area contributed by atoms with E-state index >= 15 is 0 Å². The Morgan fingerprint density at radius 3 is 1.27 bits per heavy atom. The number of hydrogen-bond acceptors (Lipinski definition) is 3. The van der Waals surface area contributed by atoms with Crippen LogP contribution >= 0.6 is 7.05 Å². The van der Waals surface area contributed by atoms with Gasteiger partial charge in [0.05, 0.1) is 27.0 Å². The molecule has 0 amide bonds. The van der Waals surface area contributed by atoms with Crippen molar-refractivity contribution in [1.29, 1.82) is 0 Å². The van der Waals surface area contributed by atoms with Gasteiger partial charge in [-0.3, -0.25) is 4.74 Å². The number of nitrogens with zero attached hydrogens (tertiary/aromatic N) is 1. The number of ether oxygens (including phenoxy) is 2. The van der Waals surface area contributed by atoms with Crippen molar-refractivity contribution in [3.8, 4) is 11.5 Å². The largest absolute Gasteiger partial charge is 0.497 e. The van der Waals surface area contributed by atoms with Crippen LogP contribution in [-0.4, -0.2) is 14.2 Å². The molecule has 0 radical (unpaired) electrons. The Morgan fingerprint density at radius 2 is 0.886 bits per heavy atom. The average molecular weight is 594 g/mol. The van der Waals surface area contributed by atoms with Gasteiger partial charge < -0.3 is 9.47 Å². The van der Waals surface area contributed by atoms with Crippen molar-refractivity contribution < 1.29 is 9.47 Å². The van der Waals surface area contributed by atoms with E-state index in [1.807, 2.05) is 24.3 Å². The first kappa shape index (κ1) is 29.2. The fraction of sp³-hybridized carbons (Fsp3) is 0.100. The third-order valence-electron chi connectivity index (χ3n) is 8.12. The minimum absolute atomic E-state index is 0.0605. The molecule has 0 heterocycles. The van der Waals surface area contributed by atoms with Crippen LogP contribution in [0, 0.1) is 6.92 Å². The molecule has 6 rings (SSSR count). The Morgan fingerprint density at radius 1 is 0.477 bits per heavy atom. The van der Waals surface area contributed by atoms with Gasteiger partial charge in [-0.1, -0.05) is 133 Å². The lowest BCUT2D eigenvalue weighted by atomic mass is 9.83. The van der Waals surface area contributed by atoms with Gasteiger partial charge in [0, 0.05) is 21.8 Å². The summed E-state index contributed by atoms with van der Waals surface area (Å²) in [6, 6.07) is 55.8. The van der Waals surface area contributed by atoms with Crippen molar-refractivity contribution in [2.75, 3.05) is 14.2 Å². The molecule has 6 aromatic carbocycles. The minimum Gasteiger partial charge on any atom is -0.497 e. The van der Waals surface area contributed by atoms with Crippen LogP contribution in [0.15, 0.2) is 162 Å². The Hall–Kier alpha value is -4.85. The predicted octanol–water partition coefficient (Wildman–Crippen LogP) is 9.00. The van der Waals surface area contributed by atoms with Gasteiger partial charge in [0.2, 0.25) is 0 Å². The fourth-order valence-corrected chi connectivity index (χ4v) is 9.52. The van der Waals surface area contributed by atoms with E-state index in [2.05, 4.69) is 140 Å². The number of methoxy groups -OCH3 is 2. The Bertz CT molecular complexity index is 1720. The van der Waals surface area contributed by atoms with Crippen LogP contribution in [0.5, 0.6) is 11.5 Å². The number of hydrogen-bond donors (Lipinski definition) is 0. The lowest BCUT2D eigenvalue weighted by molar-refractivity contribution is 0.414. The van der Waals surface area contributed by atoms with Crippen LogP contribution in [0.2, 0.25) is 0 Å². The molecule has 3 nitrogen and oxygen atoms in total. The summed E-state index contributed by atoms with van der Waals surface area (Å²) in [5.41, 5.74) is 5.66. The molecule has 0 aliphatic heterocycles. The zero-order chi connectivity index (χ0) is 30.4. The summed E-state index contributed by atoms with van der Waals surface area (Å²) in [5.74, 6) is 1.60. The topological polar surface area (TPSA) is 30.8 Å². The van der Waals surface area contributed by atoms with E-state index in [1.165, 1.54) is 27.0 Å². The van der Waals surface area contributed by atoms with Gasteiger partial charge in [0.15, 0.2) is 0 Å². The molecular formula is C40H36NO2P. The SMILES string of the molecule is COc1ccc(C(c2ccc(OC)cc2)c2cccc(C)c2N=P(c2ccccc2)(c2ccccc2)c2ccccc2)cc1. The van der Waals surface area contributed by atoms with E-state index < -0.39 is 7.05 Å². The maximum atomic E-state index is 6.00. The monoisotopic (exact) mass is 593 g/mol. The van der Waals surface area contributed by atoms with E-state index in [0.29, 0.717) is 0 Å². The molecule has 0 saturated heterocycles. The van der Waals surface area contributed by atoms with E-state index in [9.17, 15) is 0 Å². The third-order valence-corrected chi connectivity index (χ3v) is 11.8. The molecule has 218 valence electrons. The van der Waals surface area contributed by atoms with Gasteiger partial charge in [-0.25, -0.2) is 0 Å². The molecule has 44 heavy (non-hydrogen) atoms. The zero-order valence-corrected chi connectivity index (χ0v) is 26.2. The lowest BCUT2D eigenvalue weighted by Crippen LogP contribution is -2.25. The molecule has 0 unspecified atom stereocenters. The molecule has 0 aromatic heterocycles. The fourth-order valence-electron chi connectivity index (χ4n) is 5.90. The molecule has 0 bridgehead atoms. The highest BCUT2D eigenvalue weighted by Gasteiger charge is 2.29. The summed E-state index contributed by atoms with van der Waals surface area (Å²) in [7, 11) is 0.912. The molecule has 0 fully saturated rings. The second kappa shape index (κ2) is 13.2. The first-order chi connectivity index (χ1) is 21.6. The predicted molar refractivity (Wildman–Crippen MR) is 185 cm³/mol. The molecule has 4 heteroatoms. The van der Waals surface area contributed by atoms with Gasteiger partial charge >= 0.3 is 0 Å². The van der Waals surface area contributed by atoms with Gasteiger partial charge in [-0.2, -0.15) is 0 Å². The number of benzene rings is 6. The molecule has 0 aliphatic rings. The summed E-state index contributed by atoms with van der Waals surface area (Å²) >= 11 is 0. The maximum absolute atomic E-state index is 6.00. The van der Waals surface area contributed by atoms with Crippen LogP contribution in [-0.2, 0) is 0 Å². The second-order valence-electron chi connectivity index (χ2n) is 10.7. The number of aryl methyl sites for hydroxylation is 1. The molecular weight excluding hydrogens is 557 g/mol. The molecule has 0 N–H and O–H groups in total. The van der Waals surface area contributed by atoms with Crippen LogP contribution < -0.4 is 25.4 Å². The normalized spacial score (nSPS) is 11.3. The van der Waals surface area contributed by atoms with Crippen molar-refractivity contribution in [2.45, 2.75) is 12.8 Å². The van der Waals surface area contributed by atoms with Crippen molar-refractivity contribution in [3.05, 3.63) is 180 Å². The van der Waals surface area contributed by atoms with Crippen molar-refractivity contribution in [1.82, 2.24) is 0 Å². The van der Waals surface area contributed by atoms with Crippen molar-refractivity contribution in [2.24, 2.45) is 4.74 Å². The van der Waals surface area contributed by atoms with E-state index in [0.717, 1.165) is 28.3 Å². The average Bonchev–Trinajstić information content (AvgIpc) is 3.10. The molecule has 0 spiro atoms. The molecule has 6 aromatic rings. The Labute approximate surface area is 260 Å². The van der Waals surface area contributed by atoms with Gasteiger partial charge in [0.1, 0.15) is 11.5 Å². The summed E-state index contributed by atoms with van der Waals surface area (Å²) < 4.78 is 17.0. The molecule has 0 atom stereocenters. The van der Waals surface area contributed by atoms with E-state index in [1.54, 1.807) is 14.2 Å². The van der Waals surface area contributed by atoms with E-state index in [-0.39, 0.29) is 5.92 Å². The Kier molecular flexibility index (Phi) is 8.77. The van der Waals surface area contributed by atoms with Gasteiger partial charge in [-0.15, -0.1) is 0 Å². The zero-order valence-electron chi connectivity index (χ0n) is 25.3.